The maximum Gasteiger partial charge on any atom is 0.350 e. The number of rotatable bonds is 5. The van der Waals surface area contributed by atoms with Gasteiger partial charge in [-0.05, 0) is 38.1 Å². The number of hydrogen-bond donors (Lipinski definition) is 0. The lowest BCUT2D eigenvalue weighted by molar-refractivity contribution is -0.130. The fourth-order valence-electron chi connectivity index (χ4n) is 5.59. The molecule has 2 aliphatic rings. The summed E-state index contributed by atoms with van der Waals surface area (Å²) in [6, 6.07) is 4.46. The zero-order chi connectivity index (χ0) is 27.3. The average Bonchev–Trinajstić information content (AvgIpc) is 2.86. The summed E-state index contributed by atoms with van der Waals surface area (Å²) in [7, 11) is 1.57. The molecule has 1 aromatic heterocycles. The molecule has 3 atom stereocenters. The summed E-state index contributed by atoms with van der Waals surface area (Å²) in [6.45, 7) is 8.68. The molecular weight excluding hydrogens is 534 g/mol. The molecule has 7 nitrogen and oxygen atoms in total. The summed E-state index contributed by atoms with van der Waals surface area (Å²) >= 11 is 8.26. The van der Waals surface area contributed by atoms with Crippen molar-refractivity contribution in [1.29, 1.82) is 0 Å². The minimum Gasteiger partial charge on any atom is -0.383 e. The van der Waals surface area contributed by atoms with Crippen molar-refractivity contribution in [3.63, 3.8) is 0 Å². The van der Waals surface area contributed by atoms with E-state index >= 15 is 0 Å². The van der Waals surface area contributed by atoms with E-state index in [1.807, 2.05) is 18.7 Å². The van der Waals surface area contributed by atoms with Crippen LogP contribution in [-0.4, -0.2) is 65.0 Å². The van der Waals surface area contributed by atoms with E-state index in [9.17, 15) is 18.4 Å². The number of piperazine rings is 1. The summed E-state index contributed by atoms with van der Waals surface area (Å²) in [6.07, 6.45) is 1.30. The highest BCUT2D eigenvalue weighted by Crippen LogP contribution is 2.48. The third-order valence-electron chi connectivity index (χ3n) is 7.09. The van der Waals surface area contributed by atoms with E-state index < -0.39 is 17.3 Å². The molecule has 0 radical (unpaired) electrons. The Morgan fingerprint density at radius 1 is 1.26 bits per heavy atom. The molecule has 0 spiro atoms. The minimum absolute atomic E-state index is 0.151. The highest BCUT2D eigenvalue weighted by molar-refractivity contribution is 7.99. The second-order valence-corrected chi connectivity index (χ2v) is 11.1. The lowest BCUT2D eigenvalue weighted by atomic mass is 10.0. The highest BCUT2D eigenvalue weighted by atomic mass is 35.5. The molecule has 3 heterocycles. The Morgan fingerprint density at radius 3 is 2.61 bits per heavy atom. The quantitative estimate of drug-likeness (QED) is 0.414. The maximum atomic E-state index is 15.0. The smallest absolute Gasteiger partial charge is 0.350 e. The number of nitrogens with zero attached hydrogens (tertiary/aromatic N) is 4. The van der Waals surface area contributed by atoms with Gasteiger partial charge < -0.3 is 14.5 Å². The summed E-state index contributed by atoms with van der Waals surface area (Å²) in [5, 5.41) is 0.914. The van der Waals surface area contributed by atoms with Gasteiger partial charge in [0.2, 0.25) is 5.91 Å². The first-order valence-corrected chi connectivity index (χ1v) is 13.6. The van der Waals surface area contributed by atoms with E-state index in [0.29, 0.717) is 52.6 Å². The molecule has 0 bridgehead atoms. The summed E-state index contributed by atoms with van der Waals surface area (Å²) in [4.78, 5) is 34.9. The zero-order valence-corrected chi connectivity index (χ0v) is 22.8. The first-order valence-electron chi connectivity index (χ1n) is 12.2. The summed E-state index contributed by atoms with van der Waals surface area (Å²) in [5.41, 5.74) is 0.702. The molecule has 0 aliphatic carbocycles. The van der Waals surface area contributed by atoms with Gasteiger partial charge in [-0.1, -0.05) is 18.2 Å². The van der Waals surface area contributed by atoms with Crippen LogP contribution in [0.3, 0.4) is 0 Å². The standard InChI is InChI=1S/C27H27ClF2N4O3S/c1-5-22(35)33-14(2)10-32(11-15(33)3)26-19-9-20(28)23(18-7-6-16(29)8-21(18)30)25-24(19)34(27(36)31-26)17(12-37-4)13-38-25/h5-9,14-15,17H,1,10-13H2,2-4H3/t14-,15+,17?. The topological polar surface area (TPSA) is 67.7 Å². The molecule has 2 aromatic carbocycles. The molecule has 200 valence electrons. The van der Waals surface area contributed by atoms with Gasteiger partial charge in [0.25, 0.3) is 0 Å². The molecule has 38 heavy (non-hydrogen) atoms. The van der Waals surface area contributed by atoms with Gasteiger partial charge in [0.15, 0.2) is 0 Å². The van der Waals surface area contributed by atoms with E-state index in [1.54, 1.807) is 22.6 Å². The molecule has 2 aliphatic heterocycles. The van der Waals surface area contributed by atoms with Crippen molar-refractivity contribution < 1.29 is 18.3 Å². The van der Waals surface area contributed by atoms with Gasteiger partial charge in [-0.2, -0.15) is 4.98 Å². The number of aromatic nitrogens is 2. The van der Waals surface area contributed by atoms with Gasteiger partial charge >= 0.3 is 5.69 Å². The molecule has 0 saturated carbocycles. The average molecular weight is 561 g/mol. The SMILES string of the molecule is C=CC(=O)N1[C@H](C)CN(c2nc(=O)n3c4c(c(-c5ccc(F)cc5F)c(Cl)cc24)SCC3COC)C[C@@H]1C. The number of carbonyl (C=O) groups excluding carboxylic acids is 1. The fraction of sp³-hybridized carbons (Fsp3) is 0.370. The van der Waals surface area contributed by atoms with E-state index in [4.69, 9.17) is 16.3 Å². The van der Waals surface area contributed by atoms with Crippen molar-refractivity contribution in [2.24, 2.45) is 0 Å². The summed E-state index contributed by atoms with van der Waals surface area (Å²) in [5.74, 6) is -0.633. The first-order chi connectivity index (χ1) is 18.2. The predicted molar refractivity (Wildman–Crippen MR) is 146 cm³/mol. The van der Waals surface area contributed by atoms with Crippen molar-refractivity contribution in [2.45, 2.75) is 36.9 Å². The fourth-order valence-corrected chi connectivity index (χ4v) is 7.27. The van der Waals surface area contributed by atoms with Crippen LogP contribution in [0.25, 0.3) is 22.0 Å². The van der Waals surface area contributed by atoms with Crippen molar-refractivity contribution >= 4 is 46.0 Å². The Bertz CT molecular complexity index is 1500. The highest BCUT2D eigenvalue weighted by Gasteiger charge is 2.35. The van der Waals surface area contributed by atoms with E-state index in [1.165, 1.54) is 30.0 Å². The van der Waals surface area contributed by atoms with Crippen LogP contribution in [0.5, 0.6) is 0 Å². The molecule has 0 N–H and O–H groups in total. The normalized spacial score (nSPS) is 21.2. The van der Waals surface area contributed by atoms with Gasteiger partial charge in [0, 0.05) is 65.5 Å². The number of methoxy groups -OCH3 is 1. The molecule has 11 heteroatoms. The Balaban J connectivity index is 1.75. The third-order valence-corrected chi connectivity index (χ3v) is 8.62. The molecule has 1 amide bonds. The van der Waals surface area contributed by atoms with Crippen LogP contribution in [0.4, 0.5) is 14.6 Å². The van der Waals surface area contributed by atoms with Crippen molar-refractivity contribution in [3.8, 4) is 11.1 Å². The Hall–Kier alpha value is -2.95. The number of halogens is 3. The lowest BCUT2D eigenvalue weighted by Gasteiger charge is -2.45. The molecule has 1 fully saturated rings. The molecule has 1 unspecified atom stereocenters. The number of ether oxygens (including phenoxy) is 1. The van der Waals surface area contributed by atoms with Gasteiger partial charge in [0.1, 0.15) is 17.5 Å². The molecule has 3 aromatic rings. The number of hydrogen-bond acceptors (Lipinski definition) is 6. The van der Waals surface area contributed by atoms with Crippen molar-refractivity contribution in [3.05, 3.63) is 64.1 Å². The Labute approximate surface area is 228 Å². The second-order valence-electron chi connectivity index (χ2n) is 9.64. The van der Waals surface area contributed by atoms with Crippen LogP contribution < -0.4 is 10.6 Å². The van der Waals surface area contributed by atoms with Crippen LogP contribution in [0, 0.1) is 11.6 Å². The monoisotopic (exact) mass is 560 g/mol. The van der Waals surface area contributed by atoms with Crippen LogP contribution >= 0.6 is 23.4 Å². The molecule has 1 saturated heterocycles. The van der Waals surface area contributed by atoms with Crippen LogP contribution in [0.1, 0.15) is 19.9 Å². The largest absolute Gasteiger partial charge is 0.383 e. The third kappa shape index (κ3) is 4.38. The molecule has 5 rings (SSSR count). The number of thioether (sulfide) groups is 1. The minimum atomic E-state index is -0.740. The van der Waals surface area contributed by atoms with Crippen molar-refractivity contribution in [1.82, 2.24) is 14.5 Å². The first kappa shape index (κ1) is 26.6. The van der Waals surface area contributed by atoms with Gasteiger partial charge in [0.05, 0.1) is 23.2 Å². The van der Waals surface area contributed by atoms with E-state index in [0.717, 1.165) is 6.07 Å². The van der Waals surface area contributed by atoms with Gasteiger partial charge in [-0.15, -0.1) is 11.8 Å². The maximum absolute atomic E-state index is 15.0. The van der Waals surface area contributed by atoms with Crippen LogP contribution in [0.2, 0.25) is 5.02 Å². The lowest BCUT2D eigenvalue weighted by Crippen LogP contribution is -2.58. The van der Waals surface area contributed by atoms with E-state index in [2.05, 4.69) is 11.6 Å². The number of carbonyl (C=O) groups is 1. The van der Waals surface area contributed by atoms with Crippen LogP contribution in [0.15, 0.2) is 46.6 Å². The Morgan fingerprint density at radius 2 is 1.97 bits per heavy atom. The molecular formula is C27H27ClF2N4O3S. The van der Waals surface area contributed by atoms with Gasteiger partial charge in [-0.3, -0.25) is 9.36 Å². The Kier molecular flexibility index (Phi) is 7.23. The number of benzene rings is 2. The van der Waals surface area contributed by atoms with Crippen LogP contribution in [-0.2, 0) is 9.53 Å². The van der Waals surface area contributed by atoms with Crippen molar-refractivity contribution in [2.75, 3.05) is 37.5 Å². The number of anilines is 1. The predicted octanol–water partition coefficient (Wildman–Crippen LogP) is 4.90. The summed E-state index contributed by atoms with van der Waals surface area (Å²) < 4.78 is 35.6. The van der Waals surface area contributed by atoms with Gasteiger partial charge in [-0.25, -0.2) is 13.6 Å². The second kappa shape index (κ2) is 10.3. The zero-order valence-electron chi connectivity index (χ0n) is 21.2. The number of amides is 1. The van der Waals surface area contributed by atoms with E-state index in [-0.39, 0.29) is 34.6 Å².